The zero-order valence-corrected chi connectivity index (χ0v) is 13.9. The summed E-state index contributed by atoms with van der Waals surface area (Å²) in [5.41, 5.74) is 1.54. The molecule has 4 rings (SSSR count). The van der Waals surface area contributed by atoms with Crippen molar-refractivity contribution in [2.45, 2.75) is 37.8 Å². The lowest BCUT2D eigenvalue weighted by molar-refractivity contribution is 0.0234. The minimum Gasteiger partial charge on any atom is -0.493 e. The molecular weight excluding hydrogens is 344 g/mol. The number of hydrogen-bond donors (Lipinski definition) is 3. The Kier molecular flexibility index (Phi) is 4.36. The van der Waals surface area contributed by atoms with Gasteiger partial charge in [0, 0.05) is 6.42 Å². The van der Waals surface area contributed by atoms with Gasteiger partial charge in [0.1, 0.15) is 17.1 Å². The third kappa shape index (κ3) is 3.16. The number of benzene rings is 1. The number of H-pyrrole nitrogens is 1. The number of halogens is 2. The van der Waals surface area contributed by atoms with Crippen LogP contribution in [-0.2, 0) is 6.42 Å². The highest BCUT2D eigenvalue weighted by Gasteiger charge is 2.36. The molecular formula is C18H19F2N3O3. The number of aromatic nitrogens is 2. The monoisotopic (exact) mass is 363 g/mol. The molecule has 1 aromatic carbocycles. The van der Waals surface area contributed by atoms with Gasteiger partial charge in [-0.1, -0.05) is 6.07 Å². The lowest BCUT2D eigenvalue weighted by Crippen LogP contribution is -2.41. The molecule has 2 aliphatic rings. The number of nitrogens with one attached hydrogen (secondary N) is 2. The van der Waals surface area contributed by atoms with Crippen molar-refractivity contribution in [3.63, 3.8) is 0 Å². The first kappa shape index (κ1) is 17.0. The fourth-order valence-electron chi connectivity index (χ4n) is 3.56. The minimum absolute atomic E-state index is 0.0744. The number of aromatic amines is 1. The van der Waals surface area contributed by atoms with Gasteiger partial charge in [0.25, 0.3) is 12.3 Å². The van der Waals surface area contributed by atoms with Gasteiger partial charge in [0.2, 0.25) is 0 Å². The predicted molar refractivity (Wildman–Crippen MR) is 88.1 cm³/mol. The van der Waals surface area contributed by atoms with Crippen molar-refractivity contribution in [3.8, 4) is 5.75 Å². The molecule has 138 valence electrons. The minimum atomic E-state index is -2.71. The number of nitrogens with zero attached hydrogens (tertiary/aromatic N) is 1. The fraction of sp³-hybridized carbons (Fsp3) is 0.444. The van der Waals surface area contributed by atoms with Crippen LogP contribution >= 0.6 is 0 Å². The average molecular weight is 363 g/mol. The van der Waals surface area contributed by atoms with Gasteiger partial charge in [-0.3, -0.25) is 9.89 Å². The van der Waals surface area contributed by atoms with E-state index in [1.54, 1.807) is 0 Å². The Morgan fingerprint density at radius 2 is 2.15 bits per heavy atom. The summed E-state index contributed by atoms with van der Waals surface area (Å²) in [7, 11) is 0. The lowest BCUT2D eigenvalue weighted by atomic mass is 9.75. The number of amides is 1. The molecule has 1 unspecified atom stereocenters. The zero-order valence-electron chi connectivity index (χ0n) is 13.9. The van der Waals surface area contributed by atoms with E-state index < -0.39 is 12.3 Å². The first-order valence-electron chi connectivity index (χ1n) is 8.59. The number of ether oxygens (including phenoxy) is 1. The Morgan fingerprint density at radius 1 is 1.35 bits per heavy atom. The third-order valence-electron chi connectivity index (χ3n) is 5.05. The van der Waals surface area contributed by atoms with Crippen LogP contribution < -0.4 is 10.1 Å². The van der Waals surface area contributed by atoms with Gasteiger partial charge < -0.3 is 15.2 Å². The normalized spacial score (nSPS) is 22.5. The molecule has 0 radical (unpaired) electrons. The molecule has 1 aliphatic carbocycles. The molecule has 2 aromatic rings. The molecule has 0 spiro atoms. The summed E-state index contributed by atoms with van der Waals surface area (Å²) in [5, 5.41) is 18.4. The number of aliphatic hydroxyl groups excluding tert-OH is 1. The maximum absolute atomic E-state index is 12.7. The van der Waals surface area contributed by atoms with Crippen molar-refractivity contribution < 1.29 is 23.4 Å². The van der Waals surface area contributed by atoms with Crippen molar-refractivity contribution in [2.75, 3.05) is 6.61 Å². The molecule has 1 atom stereocenters. The molecule has 1 fully saturated rings. The number of carbonyl (C=O) groups is 1. The number of fused-ring (bicyclic) bond motifs is 1. The molecule has 2 heterocycles. The lowest BCUT2D eigenvalue weighted by Gasteiger charge is -2.38. The smallest absolute Gasteiger partial charge is 0.279 e. The summed E-state index contributed by atoms with van der Waals surface area (Å²) in [5.74, 6) is 0.417. The van der Waals surface area contributed by atoms with E-state index in [9.17, 15) is 18.7 Å². The largest absolute Gasteiger partial charge is 0.493 e. The maximum atomic E-state index is 12.7. The van der Waals surface area contributed by atoms with Crippen LogP contribution in [0, 0.1) is 5.92 Å². The van der Waals surface area contributed by atoms with E-state index in [0.717, 1.165) is 29.4 Å². The molecule has 3 N–H and O–H groups in total. The summed E-state index contributed by atoms with van der Waals surface area (Å²) < 4.78 is 30.9. The Bertz CT molecular complexity index is 818. The molecule has 8 heteroatoms. The highest BCUT2D eigenvalue weighted by molar-refractivity contribution is 5.92. The van der Waals surface area contributed by atoms with Gasteiger partial charge in [0.05, 0.1) is 18.8 Å². The van der Waals surface area contributed by atoms with Crippen LogP contribution in [0.2, 0.25) is 0 Å². The molecule has 6 nitrogen and oxygen atoms in total. The summed E-state index contributed by atoms with van der Waals surface area (Å²) in [4.78, 5) is 12.5. The van der Waals surface area contributed by atoms with E-state index in [0.29, 0.717) is 19.4 Å². The number of aliphatic hydroxyl groups is 1. The van der Waals surface area contributed by atoms with Crippen molar-refractivity contribution >= 4 is 5.91 Å². The SMILES string of the molecule is O=C(NC(c1ccc2c(c1)CCO2)C1CC(O)C1)c1cc(C(F)F)[nH]n1. The van der Waals surface area contributed by atoms with E-state index in [2.05, 4.69) is 15.5 Å². The second-order valence-corrected chi connectivity index (χ2v) is 6.81. The molecule has 1 aromatic heterocycles. The van der Waals surface area contributed by atoms with Gasteiger partial charge >= 0.3 is 0 Å². The van der Waals surface area contributed by atoms with Crippen LogP contribution in [0.5, 0.6) is 5.75 Å². The number of rotatable bonds is 5. The van der Waals surface area contributed by atoms with E-state index in [1.807, 2.05) is 18.2 Å². The van der Waals surface area contributed by atoms with Crippen molar-refractivity contribution in [1.29, 1.82) is 0 Å². The molecule has 1 aliphatic heterocycles. The average Bonchev–Trinajstić information content (AvgIpc) is 3.25. The van der Waals surface area contributed by atoms with Gasteiger partial charge in [-0.15, -0.1) is 0 Å². The fourth-order valence-corrected chi connectivity index (χ4v) is 3.56. The Balaban J connectivity index is 1.56. The summed E-state index contributed by atoms with van der Waals surface area (Å²) in [6.45, 7) is 0.641. The summed E-state index contributed by atoms with van der Waals surface area (Å²) >= 11 is 0. The van der Waals surface area contributed by atoms with Crippen LogP contribution in [0.4, 0.5) is 8.78 Å². The Morgan fingerprint density at radius 3 is 2.85 bits per heavy atom. The second kappa shape index (κ2) is 6.68. The van der Waals surface area contributed by atoms with E-state index in [-0.39, 0.29) is 29.5 Å². The zero-order chi connectivity index (χ0) is 18.3. The third-order valence-corrected chi connectivity index (χ3v) is 5.05. The van der Waals surface area contributed by atoms with Crippen molar-refractivity contribution in [1.82, 2.24) is 15.5 Å². The van der Waals surface area contributed by atoms with Gasteiger partial charge in [-0.2, -0.15) is 5.10 Å². The highest BCUT2D eigenvalue weighted by Crippen LogP contribution is 2.40. The number of alkyl halides is 2. The molecule has 0 saturated heterocycles. The number of carbonyl (C=O) groups excluding carboxylic acids is 1. The molecule has 0 bridgehead atoms. The highest BCUT2D eigenvalue weighted by atomic mass is 19.3. The quantitative estimate of drug-likeness (QED) is 0.762. The van der Waals surface area contributed by atoms with Crippen LogP contribution in [0.25, 0.3) is 0 Å². The Hall–Kier alpha value is -2.48. The maximum Gasteiger partial charge on any atom is 0.279 e. The topological polar surface area (TPSA) is 87.2 Å². The predicted octanol–water partition coefficient (Wildman–Crippen LogP) is 2.52. The van der Waals surface area contributed by atoms with E-state index in [1.165, 1.54) is 0 Å². The van der Waals surface area contributed by atoms with Crippen LogP contribution in [-0.4, -0.2) is 33.9 Å². The summed E-state index contributed by atoms with van der Waals surface area (Å²) in [6, 6.07) is 6.53. The standard InChI is InChI=1S/C18H19F2N3O3/c19-17(20)13-8-14(23-22-13)18(25)21-16(11-6-12(24)7-11)10-1-2-15-9(5-10)3-4-26-15/h1-2,5,8,11-12,16-17,24H,3-4,6-7H2,(H,21,25)(H,22,23). The van der Waals surface area contributed by atoms with Gasteiger partial charge in [0.15, 0.2) is 0 Å². The van der Waals surface area contributed by atoms with Gasteiger partial charge in [-0.25, -0.2) is 8.78 Å². The van der Waals surface area contributed by atoms with E-state index in [4.69, 9.17) is 4.74 Å². The van der Waals surface area contributed by atoms with Gasteiger partial charge in [-0.05, 0) is 48.1 Å². The second-order valence-electron chi connectivity index (χ2n) is 6.81. The summed E-state index contributed by atoms with van der Waals surface area (Å²) in [6.07, 6.45) is -1.09. The molecule has 26 heavy (non-hydrogen) atoms. The first-order valence-corrected chi connectivity index (χ1v) is 8.59. The van der Waals surface area contributed by atoms with Crippen LogP contribution in [0.3, 0.4) is 0 Å². The van der Waals surface area contributed by atoms with Crippen LogP contribution in [0.15, 0.2) is 24.3 Å². The van der Waals surface area contributed by atoms with Crippen LogP contribution in [0.1, 0.15) is 52.6 Å². The van der Waals surface area contributed by atoms with Crippen molar-refractivity contribution in [3.05, 3.63) is 46.8 Å². The number of hydrogen-bond acceptors (Lipinski definition) is 4. The first-order chi connectivity index (χ1) is 12.5. The Labute approximate surface area is 148 Å². The molecule has 1 saturated carbocycles. The van der Waals surface area contributed by atoms with E-state index >= 15 is 0 Å². The molecule has 1 amide bonds. The van der Waals surface area contributed by atoms with Crippen molar-refractivity contribution in [2.24, 2.45) is 5.92 Å².